The summed E-state index contributed by atoms with van der Waals surface area (Å²) in [7, 11) is 0. The molecule has 0 bridgehead atoms. The van der Waals surface area contributed by atoms with Crippen LogP contribution in [0.2, 0.25) is 0 Å². The second-order valence-corrected chi connectivity index (χ2v) is 3.43. The van der Waals surface area contributed by atoms with Crippen molar-refractivity contribution in [2.75, 3.05) is 5.32 Å². The number of fused-ring (bicyclic) bond motifs is 1. The van der Waals surface area contributed by atoms with Gasteiger partial charge in [-0.15, -0.1) is 5.10 Å². The SMILES string of the molecule is c1ccc2cc(Nc3nnco3)ccc2c1. The zero-order valence-corrected chi connectivity index (χ0v) is 8.42. The molecular formula is C12H9N3O. The van der Waals surface area contributed by atoms with Crippen molar-refractivity contribution in [1.29, 1.82) is 0 Å². The van der Waals surface area contributed by atoms with Crippen molar-refractivity contribution in [2.45, 2.75) is 0 Å². The van der Waals surface area contributed by atoms with Gasteiger partial charge in [0.15, 0.2) is 0 Å². The molecule has 0 fully saturated rings. The lowest BCUT2D eigenvalue weighted by Crippen LogP contribution is -1.90. The summed E-state index contributed by atoms with van der Waals surface area (Å²) in [5.41, 5.74) is 0.933. The van der Waals surface area contributed by atoms with Crippen LogP contribution < -0.4 is 5.32 Å². The summed E-state index contributed by atoms with van der Waals surface area (Å²) in [6, 6.07) is 14.6. The molecule has 1 aromatic heterocycles. The summed E-state index contributed by atoms with van der Waals surface area (Å²) in [6.45, 7) is 0. The number of nitrogens with one attached hydrogen (secondary N) is 1. The van der Waals surface area contributed by atoms with Gasteiger partial charge < -0.3 is 9.73 Å². The third-order valence-electron chi connectivity index (χ3n) is 2.36. The van der Waals surface area contributed by atoms with Crippen LogP contribution in [0.25, 0.3) is 10.8 Å². The quantitative estimate of drug-likeness (QED) is 0.708. The first-order chi connectivity index (χ1) is 7.92. The molecule has 0 saturated heterocycles. The van der Waals surface area contributed by atoms with Crippen molar-refractivity contribution in [2.24, 2.45) is 0 Å². The first-order valence-corrected chi connectivity index (χ1v) is 4.94. The lowest BCUT2D eigenvalue weighted by atomic mass is 10.1. The predicted octanol–water partition coefficient (Wildman–Crippen LogP) is 2.97. The summed E-state index contributed by atoms with van der Waals surface area (Å²) in [4.78, 5) is 0. The Morgan fingerprint density at radius 1 is 1.00 bits per heavy atom. The van der Waals surface area contributed by atoms with Gasteiger partial charge >= 0.3 is 6.01 Å². The van der Waals surface area contributed by atoms with Crippen molar-refractivity contribution in [3.63, 3.8) is 0 Å². The topological polar surface area (TPSA) is 51.0 Å². The lowest BCUT2D eigenvalue weighted by molar-refractivity contribution is 0.572. The van der Waals surface area contributed by atoms with E-state index in [0.717, 1.165) is 5.69 Å². The van der Waals surface area contributed by atoms with Crippen LogP contribution in [0.15, 0.2) is 53.3 Å². The average molecular weight is 211 g/mol. The van der Waals surface area contributed by atoms with E-state index >= 15 is 0 Å². The Morgan fingerprint density at radius 2 is 1.88 bits per heavy atom. The molecule has 0 unspecified atom stereocenters. The van der Waals surface area contributed by atoms with Gasteiger partial charge in [0.05, 0.1) is 0 Å². The molecule has 0 atom stereocenters. The Balaban J connectivity index is 1.99. The molecule has 0 aliphatic carbocycles. The minimum absolute atomic E-state index is 0.398. The van der Waals surface area contributed by atoms with E-state index < -0.39 is 0 Å². The van der Waals surface area contributed by atoms with Crippen molar-refractivity contribution in [3.05, 3.63) is 48.9 Å². The van der Waals surface area contributed by atoms with Crippen LogP contribution >= 0.6 is 0 Å². The number of rotatable bonds is 2. The molecule has 3 rings (SSSR count). The Bertz CT molecular complexity index is 604. The molecule has 1 heterocycles. The van der Waals surface area contributed by atoms with Gasteiger partial charge in [-0.1, -0.05) is 35.4 Å². The second-order valence-electron chi connectivity index (χ2n) is 3.43. The fourth-order valence-corrected chi connectivity index (χ4v) is 1.62. The highest BCUT2D eigenvalue weighted by atomic mass is 16.4. The van der Waals surface area contributed by atoms with E-state index in [2.05, 4.69) is 27.6 Å². The van der Waals surface area contributed by atoms with Crippen LogP contribution in [0.4, 0.5) is 11.7 Å². The van der Waals surface area contributed by atoms with Gasteiger partial charge in [-0.25, -0.2) is 0 Å². The monoisotopic (exact) mass is 211 g/mol. The summed E-state index contributed by atoms with van der Waals surface area (Å²) < 4.78 is 5.02. The van der Waals surface area contributed by atoms with Gasteiger partial charge in [-0.2, -0.15) is 0 Å². The maximum absolute atomic E-state index is 5.02. The third kappa shape index (κ3) is 1.61. The average Bonchev–Trinajstić information content (AvgIpc) is 2.82. The molecule has 0 aliphatic rings. The van der Waals surface area contributed by atoms with Gasteiger partial charge in [-0.05, 0) is 22.9 Å². The van der Waals surface area contributed by atoms with Gasteiger partial charge in [0, 0.05) is 5.69 Å². The van der Waals surface area contributed by atoms with E-state index in [1.807, 2.05) is 30.3 Å². The highest BCUT2D eigenvalue weighted by Gasteiger charge is 1.99. The van der Waals surface area contributed by atoms with E-state index in [1.54, 1.807) is 0 Å². The van der Waals surface area contributed by atoms with Gasteiger partial charge in [0.1, 0.15) is 0 Å². The third-order valence-corrected chi connectivity index (χ3v) is 2.36. The number of aromatic nitrogens is 2. The minimum atomic E-state index is 0.398. The summed E-state index contributed by atoms with van der Waals surface area (Å²) in [5, 5.41) is 12.8. The molecule has 0 aliphatic heterocycles. The van der Waals surface area contributed by atoms with Crippen molar-refractivity contribution < 1.29 is 4.42 Å². The van der Waals surface area contributed by atoms with Gasteiger partial charge in [0.2, 0.25) is 6.39 Å². The molecule has 2 aromatic carbocycles. The summed E-state index contributed by atoms with van der Waals surface area (Å²) in [6.07, 6.45) is 1.30. The normalized spacial score (nSPS) is 10.5. The molecule has 78 valence electrons. The smallest absolute Gasteiger partial charge is 0.319 e. The number of nitrogens with zero attached hydrogens (tertiary/aromatic N) is 2. The fourth-order valence-electron chi connectivity index (χ4n) is 1.62. The zero-order valence-electron chi connectivity index (χ0n) is 8.42. The van der Waals surface area contributed by atoms with Gasteiger partial charge in [0.25, 0.3) is 0 Å². The highest BCUT2D eigenvalue weighted by molar-refractivity contribution is 5.86. The Kier molecular flexibility index (Phi) is 2.04. The first kappa shape index (κ1) is 8.91. The molecule has 0 radical (unpaired) electrons. The minimum Gasteiger partial charge on any atom is -0.411 e. The van der Waals surface area contributed by atoms with Crippen molar-refractivity contribution in [1.82, 2.24) is 10.2 Å². The molecular weight excluding hydrogens is 202 g/mol. The van der Waals surface area contributed by atoms with Crippen molar-refractivity contribution in [3.8, 4) is 0 Å². The van der Waals surface area contributed by atoms with Crippen molar-refractivity contribution >= 4 is 22.5 Å². The lowest BCUT2D eigenvalue weighted by Gasteiger charge is -2.02. The standard InChI is InChI=1S/C12H9N3O/c1-2-4-10-7-11(6-5-9(10)3-1)14-12-15-13-8-16-12/h1-8H,(H,14,15). The molecule has 0 amide bonds. The number of hydrogen-bond donors (Lipinski definition) is 1. The number of benzene rings is 2. The van der Waals surface area contributed by atoms with E-state index in [4.69, 9.17) is 4.42 Å². The van der Waals surface area contributed by atoms with Crippen LogP contribution in [0, 0.1) is 0 Å². The Morgan fingerprint density at radius 3 is 2.69 bits per heavy atom. The molecule has 3 aromatic rings. The molecule has 16 heavy (non-hydrogen) atoms. The zero-order chi connectivity index (χ0) is 10.8. The van der Waals surface area contributed by atoms with Crippen LogP contribution in [0.1, 0.15) is 0 Å². The van der Waals surface area contributed by atoms with Crippen LogP contribution in [-0.4, -0.2) is 10.2 Å². The predicted molar refractivity (Wildman–Crippen MR) is 61.5 cm³/mol. The van der Waals surface area contributed by atoms with E-state index in [-0.39, 0.29) is 0 Å². The summed E-state index contributed by atoms with van der Waals surface area (Å²) >= 11 is 0. The maximum atomic E-state index is 5.02. The van der Waals surface area contributed by atoms with E-state index in [1.165, 1.54) is 17.2 Å². The molecule has 1 N–H and O–H groups in total. The summed E-state index contributed by atoms with van der Waals surface area (Å²) in [5.74, 6) is 0. The highest BCUT2D eigenvalue weighted by Crippen LogP contribution is 2.20. The van der Waals surface area contributed by atoms with Crippen LogP contribution in [0.3, 0.4) is 0 Å². The van der Waals surface area contributed by atoms with E-state index in [0.29, 0.717) is 6.01 Å². The first-order valence-electron chi connectivity index (χ1n) is 4.94. The molecule has 0 saturated carbocycles. The molecule has 4 heteroatoms. The Hall–Kier alpha value is -2.36. The number of hydrogen-bond acceptors (Lipinski definition) is 4. The molecule has 0 spiro atoms. The molecule has 4 nitrogen and oxygen atoms in total. The Labute approximate surface area is 91.9 Å². The van der Waals surface area contributed by atoms with E-state index in [9.17, 15) is 0 Å². The fraction of sp³-hybridized carbons (Fsp3) is 0. The largest absolute Gasteiger partial charge is 0.411 e. The van der Waals surface area contributed by atoms with Crippen LogP contribution in [0.5, 0.6) is 0 Å². The maximum Gasteiger partial charge on any atom is 0.319 e. The number of anilines is 2. The van der Waals surface area contributed by atoms with Crippen LogP contribution in [-0.2, 0) is 0 Å². The van der Waals surface area contributed by atoms with Gasteiger partial charge in [-0.3, -0.25) is 0 Å². The second kappa shape index (κ2) is 3.66.